The zero-order chi connectivity index (χ0) is 15.5. The molecule has 1 amide bonds. The SMILES string of the molecule is C[C@H]1CCCCN1c1ccc(N)cc1NC(=O)c1cccs1. The first-order valence-electron chi connectivity index (χ1n) is 7.66. The highest BCUT2D eigenvalue weighted by atomic mass is 32.1. The van der Waals surface area contributed by atoms with Gasteiger partial charge in [-0.2, -0.15) is 0 Å². The van der Waals surface area contributed by atoms with Crippen molar-refractivity contribution in [3.05, 3.63) is 40.6 Å². The van der Waals surface area contributed by atoms with Crippen molar-refractivity contribution >= 4 is 34.3 Å². The maximum Gasteiger partial charge on any atom is 0.265 e. The Morgan fingerprint density at radius 3 is 2.95 bits per heavy atom. The van der Waals surface area contributed by atoms with Gasteiger partial charge in [-0.25, -0.2) is 0 Å². The number of amides is 1. The second-order valence-electron chi connectivity index (χ2n) is 5.75. The second kappa shape index (κ2) is 6.40. The number of carbonyl (C=O) groups is 1. The van der Waals surface area contributed by atoms with Gasteiger partial charge in [0.2, 0.25) is 0 Å². The zero-order valence-electron chi connectivity index (χ0n) is 12.7. The molecule has 1 aliphatic rings. The Bertz CT molecular complexity index is 654. The van der Waals surface area contributed by atoms with Crippen LogP contribution in [0.15, 0.2) is 35.7 Å². The summed E-state index contributed by atoms with van der Waals surface area (Å²) in [6, 6.07) is 9.96. The number of hydrogen-bond acceptors (Lipinski definition) is 4. The molecule has 4 nitrogen and oxygen atoms in total. The number of anilines is 3. The Hall–Kier alpha value is -2.01. The van der Waals surface area contributed by atoms with Gasteiger partial charge in [0.1, 0.15) is 0 Å². The van der Waals surface area contributed by atoms with E-state index in [1.165, 1.54) is 30.6 Å². The fraction of sp³-hybridized carbons (Fsp3) is 0.353. The van der Waals surface area contributed by atoms with Crippen molar-refractivity contribution < 1.29 is 4.79 Å². The number of nitrogens with one attached hydrogen (secondary N) is 1. The zero-order valence-corrected chi connectivity index (χ0v) is 13.5. The fourth-order valence-corrected chi connectivity index (χ4v) is 3.57. The smallest absolute Gasteiger partial charge is 0.265 e. The molecule has 1 fully saturated rings. The highest BCUT2D eigenvalue weighted by Gasteiger charge is 2.22. The van der Waals surface area contributed by atoms with Crippen LogP contribution in [0.5, 0.6) is 0 Å². The van der Waals surface area contributed by atoms with Crippen LogP contribution in [0.2, 0.25) is 0 Å². The van der Waals surface area contributed by atoms with Gasteiger partial charge in [0, 0.05) is 18.3 Å². The number of benzene rings is 1. The van der Waals surface area contributed by atoms with E-state index in [0.29, 0.717) is 16.6 Å². The molecular weight excluding hydrogens is 294 g/mol. The average Bonchev–Trinajstić information content (AvgIpc) is 3.03. The molecule has 3 N–H and O–H groups in total. The molecule has 2 aromatic rings. The molecule has 0 spiro atoms. The van der Waals surface area contributed by atoms with Crippen molar-refractivity contribution in [2.75, 3.05) is 22.5 Å². The summed E-state index contributed by atoms with van der Waals surface area (Å²) < 4.78 is 0. The first kappa shape index (κ1) is 14.9. The van der Waals surface area contributed by atoms with E-state index in [0.717, 1.165) is 17.9 Å². The summed E-state index contributed by atoms with van der Waals surface area (Å²) in [5.41, 5.74) is 8.44. The molecule has 0 saturated carbocycles. The number of nitrogen functional groups attached to an aromatic ring is 1. The van der Waals surface area contributed by atoms with Gasteiger partial charge < -0.3 is 16.0 Å². The van der Waals surface area contributed by atoms with E-state index < -0.39 is 0 Å². The largest absolute Gasteiger partial charge is 0.399 e. The molecule has 3 rings (SSSR count). The van der Waals surface area contributed by atoms with Gasteiger partial charge in [-0.05, 0) is 55.8 Å². The van der Waals surface area contributed by atoms with Crippen LogP contribution in [0.4, 0.5) is 17.1 Å². The third kappa shape index (κ3) is 3.09. The summed E-state index contributed by atoms with van der Waals surface area (Å²) in [5, 5.41) is 4.93. The first-order chi connectivity index (χ1) is 10.6. The van der Waals surface area contributed by atoms with Crippen molar-refractivity contribution in [1.29, 1.82) is 0 Å². The third-order valence-corrected chi connectivity index (χ3v) is 4.99. The highest BCUT2D eigenvalue weighted by Crippen LogP contribution is 2.33. The summed E-state index contributed by atoms with van der Waals surface area (Å²) in [5.74, 6) is -0.0773. The van der Waals surface area contributed by atoms with Gasteiger partial charge >= 0.3 is 0 Å². The molecule has 1 saturated heterocycles. The molecule has 1 atom stereocenters. The van der Waals surface area contributed by atoms with Crippen molar-refractivity contribution in [3.8, 4) is 0 Å². The molecule has 1 aliphatic heterocycles. The van der Waals surface area contributed by atoms with E-state index in [1.54, 1.807) is 0 Å². The standard InChI is InChI=1S/C17H21N3OS/c1-12-5-2-3-9-20(12)15-8-7-13(18)11-14(15)19-17(21)16-6-4-10-22-16/h4,6-8,10-12H,2-3,5,9,18H2,1H3,(H,19,21)/t12-/m0/s1. The predicted molar refractivity (Wildman–Crippen MR) is 93.8 cm³/mol. The normalized spacial score (nSPS) is 18.2. The van der Waals surface area contributed by atoms with Crippen LogP contribution in [-0.4, -0.2) is 18.5 Å². The van der Waals surface area contributed by atoms with Gasteiger partial charge in [0.05, 0.1) is 16.3 Å². The summed E-state index contributed by atoms with van der Waals surface area (Å²) in [6.45, 7) is 3.26. The van der Waals surface area contributed by atoms with Gasteiger partial charge in [-0.15, -0.1) is 11.3 Å². The van der Waals surface area contributed by atoms with E-state index in [4.69, 9.17) is 5.73 Å². The number of nitrogens with two attached hydrogens (primary N) is 1. The molecule has 1 aromatic heterocycles. The van der Waals surface area contributed by atoms with Crippen molar-refractivity contribution in [2.24, 2.45) is 0 Å². The van der Waals surface area contributed by atoms with Crippen molar-refractivity contribution in [3.63, 3.8) is 0 Å². The number of thiophene rings is 1. The minimum absolute atomic E-state index is 0.0773. The van der Waals surface area contributed by atoms with E-state index >= 15 is 0 Å². The molecular formula is C17H21N3OS. The van der Waals surface area contributed by atoms with Gasteiger partial charge in [-0.3, -0.25) is 4.79 Å². The Kier molecular flexibility index (Phi) is 4.34. The topological polar surface area (TPSA) is 58.4 Å². The van der Waals surface area contributed by atoms with Gasteiger partial charge in [0.25, 0.3) is 5.91 Å². The summed E-state index contributed by atoms with van der Waals surface area (Å²) in [4.78, 5) is 15.4. The van der Waals surface area contributed by atoms with Crippen molar-refractivity contribution in [2.45, 2.75) is 32.2 Å². The Morgan fingerprint density at radius 2 is 2.23 bits per heavy atom. The molecule has 0 radical (unpaired) electrons. The van der Waals surface area contributed by atoms with Crippen LogP contribution < -0.4 is 16.0 Å². The molecule has 22 heavy (non-hydrogen) atoms. The van der Waals surface area contributed by atoms with Gasteiger partial charge in [-0.1, -0.05) is 6.07 Å². The number of rotatable bonds is 3. The number of carbonyl (C=O) groups excluding carboxylic acids is 1. The maximum absolute atomic E-state index is 12.3. The molecule has 5 heteroatoms. The summed E-state index contributed by atoms with van der Waals surface area (Å²) in [6.07, 6.45) is 3.64. The first-order valence-corrected chi connectivity index (χ1v) is 8.54. The summed E-state index contributed by atoms with van der Waals surface area (Å²) >= 11 is 1.44. The molecule has 0 bridgehead atoms. The van der Waals surface area contributed by atoms with E-state index in [2.05, 4.69) is 17.1 Å². The van der Waals surface area contributed by atoms with E-state index in [1.807, 2.05) is 35.7 Å². The molecule has 116 valence electrons. The van der Waals surface area contributed by atoms with Crippen LogP contribution in [0, 0.1) is 0 Å². The van der Waals surface area contributed by atoms with Crippen LogP contribution >= 0.6 is 11.3 Å². The Morgan fingerprint density at radius 1 is 1.36 bits per heavy atom. The van der Waals surface area contributed by atoms with Crippen molar-refractivity contribution in [1.82, 2.24) is 0 Å². The minimum Gasteiger partial charge on any atom is -0.399 e. The van der Waals surface area contributed by atoms with Crippen LogP contribution in [0.25, 0.3) is 0 Å². The summed E-state index contributed by atoms with van der Waals surface area (Å²) in [7, 11) is 0. The van der Waals surface area contributed by atoms with E-state index in [-0.39, 0.29) is 5.91 Å². The molecule has 1 aromatic carbocycles. The third-order valence-electron chi connectivity index (χ3n) is 4.13. The molecule has 0 aliphatic carbocycles. The highest BCUT2D eigenvalue weighted by molar-refractivity contribution is 7.12. The average molecular weight is 315 g/mol. The minimum atomic E-state index is -0.0773. The second-order valence-corrected chi connectivity index (χ2v) is 6.69. The Labute approximate surface area is 134 Å². The lowest BCUT2D eigenvalue weighted by Crippen LogP contribution is -2.38. The fourth-order valence-electron chi connectivity index (χ4n) is 2.95. The lowest BCUT2D eigenvalue weighted by Gasteiger charge is -2.36. The Balaban J connectivity index is 1.89. The number of nitrogens with zero attached hydrogens (tertiary/aromatic N) is 1. The van der Waals surface area contributed by atoms with Crippen LogP contribution in [0.1, 0.15) is 35.9 Å². The molecule has 2 heterocycles. The van der Waals surface area contributed by atoms with Gasteiger partial charge in [0.15, 0.2) is 0 Å². The van der Waals surface area contributed by atoms with Crippen LogP contribution in [0.3, 0.4) is 0 Å². The lowest BCUT2D eigenvalue weighted by atomic mass is 10.0. The van der Waals surface area contributed by atoms with E-state index in [9.17, 15) is 4.79 Å². The maximum atomic E-state index is 12.3. The lowest BCUT2D eigenvalue weighted by molar-refractivity contribution is 0.103. The van der Waals surface area contributed by atoms with Crippen LogP contribution in [-0.2, 0) is 0 Å². The number of hydrogen-bond donors (Lipinski definition) is 2. The predicted octanol–water partition coefficient (Wildman–Crippen LogP) is 3.96. The quantitative estimate of drug-likeness (QED) is 0.843. The monoisotopic (exact) mass is 315 g/mol. The number of piperidine rings is 1. The molecule has 0 unspecified atom stereocenters.